The zero-order valence-corrected chi connectivity index (χ0v) is 19.6. The lowest BCUT2D eigenvalue weighted by molar-refractivity contribution is -0.404. The van der Waals surface area contributed by atoms with Gasteiger partial charge in [-0.1, -0.05) is 29.5 Å². The molecule has 32 heavy (non-hydrogen) atoms. The van der Waals surface area contributed by atoms with Crippen molar-refractivity contribution in [3.8, 4) is 0 Å². The molecule has 0 bridgehead atoms. The second-order valence-corrected chi connectivity index (χ2v) is 10.1. The van der Waals surface area contributed by atoms with Crippen LogP contribution in [-0.4, -0.2) is 16.2 Å². The van der Waals surface area contributed by atoms with Crippen molar-refractivity contribution in [3.63, 3.8) is 0 Å². The fourth-order valence-corrected chi connectivity index (χ4v) is 6.41. The van der Waals surface area contributed by atoms with Crippen LogP contribution in [0.3, 0.4) is 0 Å². The SMILES string of the molecule is Cc1cccc(C)c1NC(=O)CSc1[nH+]c2sc3c(c2c(=O)n1Cc1ccco1)CCC3. The van der Waals surface area contributed by atoms with Crippen LogP contribution in [0.5, 0.6) is 0 Å². The van der Waals surface area contributed by atoms with Crippen molar-refractivity contribution in [2.24, 2.45) is 0 Å². The molecule has 3 heterocycles. The maximum Gasteiger partial charge on any atom is 0.347 e. The predicted molar refractivity (Wildman–Crippen MR) is 128 cm³/mol. The highest BCUT2D eigenvalue weighted by Crippen LogP contribution is 2.34. The van der Waals surface area contributed by atoms with Crippen LogP contribution >= 0.6 is 23.1 Å². The highest BCUT2D eigenvalue weighted by Gasteiger charge is 2.28. The van der Waals surface area contributed by atoms with Crippen molar-refractivity contribution in [1.82, 2.24) is 4.57 Å². The summed E-state index contributed by atoms with van der Waals surface area (Å²) in [5, 5.41) is 4.47. The molecule has 0 radical (unpaired) electrons. The van der Waals surface area contributed by atoms with E-state index in [-0.39, 0.29) is 17.2 Å². The van der Waals surface area contributed by atoms with Gasteiger partial charge in [-0.25, -0.2) is 9.78 Å². The van der Waals surface area contributed by atoms with Gasteiger partial charge in [0.2, 0.25) is 5.91 Å². The molecule has 0 atom stereocenters. The first kappa shape index (κ1) is 21.0. The Morgan fingerprint density at radius 1 is 1.22 bits per heavy atom. The van der Waals surface area contributed by atoms with Gasteiger partial charge in [-0.15, -0.1) is 0 Å². The van der Waals surface area contributed by atoms with E-state index in [2.05, 4.69) is 10.3 Å². The van der Waals surface area contributed by atoms with Crippen LogP contribution in [0, 0.1) is 13.8 Å². The molecule has 0 aliphatic heterocycles. The van der Waals surface area contributed by atoms with E-state index < -0.39 is 0 Å². The minimum atomic E-state index is -0.105. The fraction of sp³-hybridized carbons (Fsp3) is 0.292. The highest BCUT2D eigenvalue weighted by molar-refractivity contribution is 7.99. The van der Waals surface area contributed by atoms with E-state index in [4.69, 9.17) is 4.42 Å². The number of carbonyl (C=O) groups excluding carboxylic acids is 1. The molecule has 0 saturated carbocycles. The Morgan fingerprint density at radius 2 is 2.03 bits per heavy atom. The second kappa shape index (κ2) is 8.60. The smallest absolute Gasteiger partial charge is 0.347 e. The van der Waals surface area contributed by atoms with Gasteiger partial charge >= 0.3 is 10.7 Å². The number of furan rings is 1. The Morgan fingerprint density at radius 3 is 2.78 bits per heavy atom. The number of thiophene rings is 1. The van der Waals surface area contributed by atoms with Crippen molar-refractivity contribution in [2.45, 2.75) is 44.8 Å². The normalized spacial score (nSPS) is 12.9. The van der Waals surface area contributed by atoms with E-state index in [0.29, 0.717) is 17.5 Å². The highest BCUT2D eigenvalue weighted by atomic mass is 32.2. The lowest BCUT2D eigenvalue weighted by Gasteiger charge is -2.11. The van der Waals surface area contributed by atoms with Gasteiger partial charge in [-0.05, 0) is 73.7 Å². The number of thioether (sulfide) groups is 1. The van der Waals surface area contributed by atoms with E-state index >= 15 is 0 Å². The number of fused-ring (bicyclic) bond motifs is 3. The van der Waals surface area contributed by atoms with Crippen LogP contribution < -0.4 is 15.9 Å². The van der Waals surface area contributed by atoms with Crippen LogP contribution in [-0.2, 0) is 24.2 Å². The van der Waals surface area contributed by atoms with Gasteiger partial charge in [0.25, 0.3) is 0 Å². The molecule has 4 aromatic rings. The number of rotatable bonds is 6. The first-order valence-electron chi connectivity index (χ1n) is 10.6. The summed E-state index contributed by atoms with van der Waals surface area (Å²) < 4.78 is 7.20. The number of nitrogens with one attached hydrogen (secondary N) is 2. The molecule has 0 spiro atoms. The van der Waals surface area contributed by atoms with Crippen LogP contribution in [0.2, 0.25) is 0 Å². The number of H-pyrrole nitrogens is 1. The summed E-state index contributed by atoms with van der Waals surface area (Å²) in [5.41, 5.74) is 4.06. The van der Waals surface area contributed by atoms with Crippen molar-refractivity contribution >= 4 is 44.9 Å². The molecule has 164 valence electrons. The summed E-state index contributed by atoms with van der Waals surface area (Å²) in [6.45, 7) is 4.28. The van der Waals surface area contributed by atoms with E-state index in [1.54, 1.807) is 22.2 Å². The minimum absolute atomic E-state index is 0.0211. The quantitative estimate of drug-likeness (QED) is 0.338. The molecule has 1 aromatic carbocycles. The molecule has 5 rings (SSSR count). The van der Waals surface area contributed by atoms with Gasteiger partial charge in [0.1, 0.15) is 11.1 Å². The van der Waals surface area contributed by atoms with Gasteiger partial charge in [0.15, 0.2) is 11.4 Å². The Balaban J connectivity index is 1.46. The summed E-state index contributed by atoms with van der Waals surface area (Å²) in [7, 11) is 0. The van der Waals surface area contributed by atoms with Crippen molar-refractivity contribution < 1.29 is 14.2 Å². The molecule has 0 saturated heterocycles. The van der Waals surface area contributed by atoms with Crippen molar-refractivity contribution in [1.29, 1.82) is 0 Å². The number of aromatic amines is 1. The molecular formula is C24H24N3O3S2+. The number of nitrogens with zero attached hydrogens (tertiary/aromatic N) is 1. The van der Waals surface area contributed by atoms with Crippen LogP contribution in [0.1, 0.15) is 33.7 Å². The first-order chi connectivity index (χ1) is 15.5. The van der Waals surface area contributed by atoms with E-state index in [9.17, 15) is 9.59 Å². The average Bonchev–Trinajstić information content (AvgIpc) is 3.49. The summed E-state index contributed by atoms with van der Waals surface area (Å²) in [5.74, 6) is 0.790. The minimum Gasteiger partial charge on any atom is -0.465 e. The molecule has 1 amide bonds. The van der Waals surface area contributed by atoms with Gasteiger partial charge < -0.3 is 9.73 Å². The third-order valence-electron chi connectivity index (χ3n) is 5.83. The summed E-state index contributed by atoms with van der Waals surface area (Å²) in [4.78, 5) is 31.9. The van der Waals surface area contributed by atoms with Crippen LogP contribution in [0.4, 0.5) is 5.69 Å². The third-order valence-corrected chi connectivity index (χ3v) is 8.04. The molecule has 0 unspecified atom stereocenters. The number of benzene rings is 1. The molecule has 1 aliphatic carbocycles. The molecule has 3 aromatic heterocycles. The standard InChI is InChI=1S/C24H23N3O3S2/c1-14-6-3-7-15(2)21(14)25-19(28)13-31-24-26-22-20(17-9-4-10-18(17)32-22)23(29)27(24)12-16-8-5-11-30-16/h3,5-8,11H,4,9-10,12-13H2,1-2H3,(H,25,28)/p+1. The lowest BCUT2D eigenvalue weighted by Crippen LogP contribution is -2.30. The van der Waals surface area contributed by atoms with E-state index in [1.807, 2.05) is 44.2 Å². The summed E-state index contributed by atoms with van der Waals surface area (Å²) in [6, 6.07) is 9.61. The van der Waals surface area contributed by atoms with Gasteiger partial charge in [0.05, 0.1) is 12.0 Å². The van der Waals surface area contributed by atoms with Gasteiger partial charge in [-0.2, -0.15) is 4.57 Å². The van der Waals surface area contributed by atoms with Gasteiger partial charge in [0, 0.05) is 10.6 Å². The number of para-hydroxylation sites is 1. The Kier molecular flexibility index (Phi) is 5.65. The van der Waals surface area contributed by atoms with Gasteiger partial charge in [-0.3, -0.25) is 4.79 Å². The monoisotopic (exact) mass is 466 g/mol. The molecular weight excluding hydrogens is 442 g/mol. The zero-order chi connectivity index (χ0) is 22.2. The maximum atomic E-state index is 13.5. The van der Waals surface area contributed by atoms with Crippen molar-refractivity contribution in [2.75, 3.05) is 11.1 Å². The topological polar surface area (TPSA) is 78.4 Å². The molecule has 6 nitrogen and oxygen atoms in total. The number of hydrogen-bond donors (Lipinski definition) is 1. The Labute approximate surface area is 193 Å². The van der Waals surface area contributed by atoms with E-state index in [1.165, 1.54) is 22.2 Å². The number of amides is 1. The average molecular weight is 467 g/mol. The predicted octanol–water partition coefficient (Wildman–Crippen LogP) is 4.35. The maximum absolute atomic E-state index is 13.5. The largest absolute Gasteiger partial charge is 0.465 e. The number of aromatic nitrogens is 2. The molecule has 1 aliphatic rings. The lowest BCUT2D eigenvalue weighted by atomic mass is 10.1. The number of carbonyl (C=O) groups is 1. The molecule has 8 heteroatoms. The molecule has 0 fully saturated rings. The fourth-order valence-electron chi connectivity index (χ4n) is 4.25. The second-order valence-electron chi connectivity index (χ2n) is 8.07. The first-order valence-corrected chi connectivity index (χ1v) is 12.4. The molecule has 2 N–H and O–H groups in total. The summed E-state index contributed by atoms with van der Waals surface area (Å²) in [6.07, 6.45) is 4.68. The van der Waals surface area contributed by atoms with E-state index in [0.717, 1.165) is 46.3 Å². The number of hydrogen-bond acceptors (Lipinski definition) is 5. The Hall–Kier alpha value is -2.84. The van der Waals surface area contributed by atoms with Crippen molar-refractivity contribution in [3.05, 3.63) is 74.3 Å². The number of aryl methyl sites for hydroxylation is 4. The Bertz CT molecular complexity index is 1350. The number of anilines is 1. The van der Waals surface area contributed by atoms with Crippen LogP contribution in [0.15, 0.2) is 51.0 Å². The van der Waals surface area contributed by atoms with Crippen LogP contribution in [0.25, 0.3) is 10.2 Å². The summed E-state index contributed by atoms with van der Waals surface area (Å²) >= 11 is 3.00. The third kappa shape index (κ3) is 3.89. The zero-order valence-electron chi connectivity index (χ0n) is 18.0.